The molecule has 5 aromatic rings. The van der Waals surface area contributed by atoms with Crippen molar-refractivity contribution in [2.75, 3.05) is 11.1 Å². The molecule has 0 bridgehead atoms. The molecule has 0 aliphatic heterocycles. The molecule has 0 radical (unpaired) electrons. The first-order valence-electron chi connectivity index (χ1n) is 12.6. The van der Waals surface area contributed by atoms with Crippen LogP contribution >= 0.6 is 0 Å². The van der Waals surface area contributed by atoms with Crippen molar-refractivity contribution >= 4 is 40.6 Å². The molecule has 0 unspecified atom stereocenters. The summed E-state index contributed by atoms with van der Waals surface area (Å²) in [5.74, 6) is -3.71. The molecule has 218 valence electrons. The third-order valence-electron chi connectivity index (χ3n) is 6.56. The molecule has 3 aromatic carbocycles. The number of carbonyl (C=O) groups is 3. The second kappa shape index (κ2) is 11.0. The van der Waals surface area contributed by atoms with Crippen LogP contribution in [-0.4, -0.2) is 42.4 Å². The topological polar surface area (TPSA) is 218 Å². The van der Waals surface area contributed by atoms with Gasteiger partial charge in [-0.05, 0) is 47.9 Å². The molecule has 14 nitrogen and oxygen atoms in total. The summed E-state index contributed by atoms with van der Waals surface area (Å²) in [4.78, 5) is 68.3. The van der Waals surface area contributed by atoms with E-state index in [1.54, 1.807) is 19.1 Å². The van der Waals surface area contributed by atoms with Gasteiger partial charge in [0.1, 0.15) is 28.6 Å². The zero-order chi connectivity index (χ0) is 31.0. The van der Waals surface area contributed by atoms with Crippen LogP contribution in [0.2, 0.25) is 0 Å². The maximum Gasteiger partial charge on any atom is 0.335 e. The number of carboxylic acids is 1. The van der Waals surface area contributed by atoms with Gasteiger partial charge in [-0.3, -0.25) is 23.6 Å². The fourth-order valence-corrected chi connectivity index (χ4v) is 4.31. The second-order valence-corrected chi connectivity index (χ2v) is 9.50. The predicted molar refractivity (Wildman–Crippen MR) is 151 cm³/mol. The van der Waals surface area contributed by atoms with Gasteiger partial charge in [0, 0.05) is 13.1 Å². The molecule has 5 rings (SSSR count). The van der Waals surface area contributed by atoms with E-state index >= 15 is 0 Å². The number of fused-ring (bicyclic) bond motifs is 1. The molecule has 7 N–H and O–H groups in total. The summed E-state index contributed by atoms with van der Waals surface area (Å²) in [5.41, 5.74) is 4.52. The Morgan fingerprint density at radius 1 is 0.953 bits per heavy atom. The van der Waals surface area contributed by atoms with E-state index in [1.807, 2.05) is 0 Å². The fraction of sp³-hybridized carbons (Fsp3) is 0.107. The number of halogens is 1. The average Bonchev–Trinajstić information content (AvgIpc) is 3.37. The lowest BCUT2D eigenvalue weighted by molar-refractivity contribution is 0.0695. The van der Waals surface area contributed by atoms with Gasteiger partial charge in [0.05, 0.1) is 17.4 Å². The third kappa shape index (κ3) is 5.58. The van der Waals surface area contributed by atoms with Crippen molar-refractivity contribution in [3.63, 3.8) is 0 Å². The van der Waals surface area contributed by atoms with Gasteiger partial charge in [-0.15, -0.1) is 0 Å². The summed E-state index contributed by atoms with van der Waals surface area (Å²) in [5, 5.41) is 26.9. The van der Waals surface area contributed by atoms with E-state index in [9.17, 15) is 38.6 Å². The molecular weight excluding hydrogens is 565 g/mol. The largest absolute Gasteiger partial charge is 0.492 e. The smallest absolute Gasteiger partial charge is 0.335 e. The quantitative estimate of drug-likeness (QED) is 0.135. The van der Waals surface area contributed by atoms with E-state index in [4.69, 9.17) is 5.73 Å². The monoisotopic (exact) mass is 587 g/mol. The van der Waals surface area contributed by atoms with Crippen LogP contribution in [0.25, 0.3) is 5.78 Å². The zero-order valence-electron chi connectivity index (χ0n) is 22.3. The maximum absolute atomic E-state index is 14.3. The molecule has 15 heteroatoms. The number of nitrogen functional groups attached to an aromatic ring is 1. The normalized spacial score (nSPS) is 11.0. The van der Waals surface area contributed by atoms with Gasteiger partial charge in [0.15, 0.2) is 0 Å². The molecule has 0 aliphatic carbocycles. The second-order valence-electron chi connectivity index (χ2n) is 9.50. The van der Waals surface area contributed by atoms with Gasteiger partial charge >= 0.3 is 5.97 Å². The maximum atomic E-state index is 14.3. The number of benzene rings is 2. The molecule has 2 amide bonds. The Morgan fingerprint density at radius 2 is 1.63 bits per heavy atom. The summed E-state index contributed by atoms with van der Waals surface area (Å²) < 4.78 is 15.5. The molecule has 2 aromatic heterocycles. The summed E-state index contributed by atoms with van der Waals surface area (Å²) in [6.45, 7) is 1.55. The number of carboxylic acid groups (broad SMARTS) is 1. The number of nitrogens with one attached hydrogen (secondary N) is 3. The Morgan fingerprint density at radius 3 is 2.30 bits per heavy atom. The summed E-state index contributed by atoms with van der Waals surface area (Å²) >= 11 is 0. The van der Waals surface area contributed by atoms with Crippen molar-refractivity contribution in [3.05, 3.63) is 109 Å². The summed E-state index contributed by atoms with van der Waals surface area (Å²) in [6.07, 6.45) is 1.15. The van der Waals surface area contributed by atoms with Crippen molar-refractivity contribution in [2.45, 2.75) is 20.0 Å². The van der Waals surface area contributed by atoms with E-state index in [1.165, 1.54) is 28.7 Å². The highest BCUT2D eigenvalue weighted by Gasteiger charge is 2.21. The number of hydrogen-bond donors (Lipinski definition) is 6. The van der Waals surface area contributed by atoms with E-state index < -0.39 is 40.3 Å². The Balaban J connectivity index is 1.32. The van der Waals surface area contributed by atoms with Gasteiger partial charge in [-0.1, -0.05) is 18.2 Å². The number of imidazole rings is 1. The van der Waals surface area contributed by atoms with Crippen molar-refractivity contribution in [1.29, 1.82) is 0 Å². The van der Waals surface area contributed by atoms with Crippen molar-refractivity contribution in [1.82, 2.24) is 25.0 Å². The van der Waals surface area contributed by atoms with Gasteiger partial charge in [0.25, 0.3) is 22.7 Å². The summed E-state index contributed by atoms with van der Waals surface area (Å²) in [7, 11) is 0. The van der Waals surface area contributed by atoms with Gasteiger partial charge < -0.3 is 31.9 Å². The lowest BCUT2D eigenvalue weighted by Gasteiger charge is -2.13. The molecule has 0 aliphatic rings. The molecular formula is C28H22FN7O7. The predicted octanol–water partition coefficient (Wildman–Crippen LogP) is 1.36. The van der Waals surface area contributed by atoms with Crippen LogP contribution in [0.15, 0.2) is 58.3 Å². The number of hydrogen-bond acceptors (Lipinski definition) is 10. The highest BCUT2D eigenvalue weighted by atomic mass is 19.1. The Labute approximate surface area is 240 Å². The molecule has 2 heterocycles. The first kappa shape index (κ1) is 28.4. The first-order chi connectivity index (χ1) is 20.4. The average molecular weight is 588 g/mol. The molecule has 0 spiro atoms. The number of aromatic nitrogens is 3. The number of aromatic hydroxyl groups is 1. The molecule has 0 atom stereocenters. The number of nitrogens with zero attached hydrogens (tertiary/aromatic N) is 3. The molecule has 43 heavy (non-hydrogen) atoms. The Bertz CT molecular complexity index is 2030. The highest BCUT2D eigenvalue weighted by molar-refractivity contribution is 5.98. The number of amides is 2. The zero-order valence-corrected chi connectivity index (χ0v) is 22.3. The summed E-state index contributed by atoms with van der Waals surface area (Å²) in [6, 6.07) is 9.62. The van der Waals surface area contributed by atoms with Crippen molar-refractivity contribution < 1.29 is 29.0 Å². The van der Waals surface area contributed by atoms with Crippen LogP contribution in [0.3, 0.4) is 0 Å². The standard InChI is InChI=1S/C28H22FN7O7/c1-12-6-13(2-4-15(12)27(42)43)9-32-26(41)19-8-18(34-28-35-20(37)11-36(19)28)25(40)31-10-14-3-5-16(29)17(7-14)33-22-21(30)23(38)24(22)39/h2-8,11,33,37H,9-10,30H2,1H3,(H,31,40)(H,32,41)(H,42,43). The van der Waals surface area contributed by atoms with Crippen LogP contribution in [0.1, 0.15) is 48.0 Å². The van der Waals surface area contributed by atoms with E-state index in [2.05, 4.69) is 25.9 Å². The lowest BCUT2D eigenvalue weighted by Crippen LogP contribution is -2.36. The van der Waals surface area contributed by atoms with Crippen molar-refractivity contribution in [3.8, 4) is 5.88 Å². The minimum Gasteiger partial charge on any atom is -0.492 e. The number of nitrogens with two attached hydrogens (primary N) is 1. The number of aromatic carboxylic acids is 1. The van der Waals surface area contributed by atoms with E-state index in [-0.39, 0.29) is 52.9 Å². The van der Waals surface area contributed by atoms with Crippen LogP contribution in [0.4, 0.5) is 21.5 Å². The molecule has 0 saturated heterocycles. The van der Waals surface area contributed by atoms with Gasteiger partial charge in [0.2, 0.25) is 11.7 Å². The number of rotatable bonds is 9. The minimum atomic E-state index is -1.07. The van der Waals surface area contributed by atoms with Crippen LogP contribution in [-0.2, 0) is 13.1 Å². The van der Waals surface area contributed by atoms with E-state index in [0.717, 1.165) is 12.3 Å². The Hall–Kier alpha value is -6.12. The Kier molecular flexibility index (Phi) is 7.29. The molecule has 0 saturated carbocycles. The number of aryl methyl sites for hydroxylation is 1. The fourth-order valence-electron chi connectivity index (χ4n) is 4.31. The SMILES string of the molecule is Cc1cc(CNC(=O)c2cc(C(=O)NCc3ccc(F)c(Nc4c(N)c(=O)c4=O)c3)nc3nc(O)cn23)ccc1C(=O)O. The lowest BCUT2D eigenvalue weighted by atomic mass is 10.1. The van der Waals surface area contributed by atoms with E-state index in [0.29, 0.717) is 16.7 Å². The highest BCUT2D eigenvalue weighted by Crippen LogP contribution is 2.23. The van der Waals surface area contributed by atoms with Gasteiger partial charge in [-0.25, -0.2) is 14.2 Å². The van der Waals surface area contributed by atoms with Gasteiger partial charge in [-0.2, -0.15) is 4.98 Å². The van der Waals surface area contributed by atoms with Crippen molar-refractivity contribution in [2.24, 2.45) is 0 Å². The molecule has 0 fully saturated rings. The number of carbonyl (C=O) groups excluding carboxylic acids is 2. The van der Waals surface area contributed by atoms with Crippen LogP contribution in [0, 0.1) is 12.7 Å². The van der Waals surface area contributed by atoms with Crippen LogP contribution in [0.5, 0.6) is 5.88 Å². The first-order valence-corrected chi connectivity index (χ1v) is 12.6. The number of anilines is 3. The third-order valence-corrected chi connectivity index (χ3v) is 6.56. The van der Waals surface area contributed by atoms with Crippen LogP contribution < -0.4 is 32.5 Å². The minimum absolute atomic E-state index is 0.0366.